The molecule has 6 heteroatoms. The number of nitrogens with zero attached hydrogens (tertiary/aromatic N) is 3. The highest BCUT2D eigenvalue weighted by molar-refractivity contribution is 5.81. The van der Waals surface area contributed by atoms with Crippen molar-refractivity contribution < 1.29 is 14.3 Å². The van der Waals surface area contributed by atoms with Gasteiger partial charge in [0.1, 0.15) is 6.10 Å². The Bertz CT molecular complexity index is 299. The van der Waals surface area contributed by atoms with Crippen LogP contribution >= 0.6 is 0 Å². The summed E-state index contributed by atoms with van der Waals surface area (Å²) >= 11 is 0. The van der Waals surface area contributed by atoms with Crippen LogP contribution in [0.25, 0.3) is 0 Å². The largest absolute Gasteiger partial charge is 0.372 e. The zero-order valence-corrected chi connectivity index (χ0v) is 11.7. The van der Waals surface area contributed by atoms with Gasteiger partial charge in [0.15, 0.2) is 0 Å². The van der Waals surface area contributed by atoms with Crippen LogP contribution in [-0.4, -0.2) is 86.5 Å². The van der Waals surface area contributed by atoms with Gasteiger partial charge in [-0.15, -0.1) is 0 Å². The molecule has 1 rings (SSSR count). The molecule has 1 aliphatic rings. The number of methoxy groups -OCH3 is 1. The Morgan fingerprint density at radius 1 is 1.17 bits per heavy atom. The highest BCUT2D eigenvalue weighted by Gasteiger charge is 2.26. The Morgan fingerprint density at radius 3 is 2.11 bits per heavy atom. The zero-order chi connectivity index (χ0) is 13.7. The number of ether oxygens (including phenoxy) is 1. The molecule has 0 aromatic carbocycles. The van der Waals surface area contributed by atoms with Crippen LogP contribution in [0, 0.1) is 0 Å². The number of rotatable bonds is 4. The SMILES string of the molecule is COC(C)C(=O)N1CCN(C(=O)CN(C)C)CC1. The average Bonchev–Trinajstić information content (AvgIpc) is 2.36. The van der Waals surface area contributed by atoms with Crippen LogP contribution in [0.15, 0.2) is 0 Å². The normalized spacial score (nSPS) is 18.1. The molecule has 1 unspecified atom stereocenters. The van der Waals surface area contributed by atoms with Crippen molar-refractivity contribution in [1.29, 1.82) is 0 Å². The third-order valence-corrected chi connectivity index (χ3v) is 3.10. The summed E-state index contributed by atoms with van der Waals surface area (Å²) in [6.45, 7) is 4.55. The Labute approximate surface area is 108 Å². The number of likely N-dealkylation sites (N-methyl/N-ethyl adjacent to an activating group) is 1. The molecule has 0 radical (unpaired) electrons. The Kier molecular flexibility index (Phi) is 5.55. The first-order chi connectivity index (χ1) is 8.45. The summed E-state index contributed by atoms with van der Waals surface area (Å²) in [6.07, 6.45) is -0.408. The molecule has 18 heavy (non-hydrogen) atoms. The number of piperazine rings is 1. The third-order valence-electron chi connectivity index (χ3n) is 3.10. The lowest BCUT2D eigenvalue weighted by Gasteiger charge is -2.36. The van der Waals surface area contributed by atoms with E-state index in [9.17, 15) is 9.59 Å². The number of carbonyl (C=O) groups excluding carboxylic acids is 2. The molecule has 104 valence electrons. The summed E-state index contributed by atoms with van der Waals surface area (Å²) < 4.78 is 5.01. The molecule has 1 aliphatic heterocycles. The smallest absolute Gasteiger partial charge is 0.251 e. The summed E-state index contributed by atoms with van der Waals surface area (Å²) in [5.41, 5.74) is 0. The van der Waals surface area contributed by atoms with Crippen molar-refractivity contribution in [1.82, 2.24) is 14.7 Å². The predicted octanol–water partition coefficient (Wildman–Crippen LogP) is -0.746. The van der Waals surface area contributed by atoms with Gasteiger partial charge in [-0.25, -0.2) is 0 Å². The number of hydrogen-bond acceptors (Lipinski definition) is 4. The van der Waals surface area contributed by atoms with E-state index in [1.54, 1.807) is 16.7 Å². The fourth-order valence-corrected chi connectivity index (χ4v) is 1.90. The maximum Gasteiger partial charge on any atom is 0.251 e. The molecule has 0 N–H and O–H groups in total. The molecule has 0 aromatic heterocycles. The minimum Gasteiger partial charge on any atom is -0.372 e. The highest BCUT2D eigenvalue weighted by atomic mass is 16.5. The molecular formula is C12H23N3O3. The van der Waals surface area contributed by atoms with Gasteiger partial charge in [0.05, 0.1) is 6.54 Å². The second-order valence-corrected chi connectivity index (χ2v) is 4.82. The molecule has 2 amide bonds. The molecule has 0 aromatic rings. The van der Waals surface area contributed by atoms with Gasteiger partial charge in [-0.3, -0.25) is 9.59 Å². The van der Waals surface area contributed by atoms with Gasteiger partial charge in [-0.05, 0) is 21.0 Å². The van der Waals surface area contributed by atoms with Crippen molar-refractivity contribution in [2.75, 3.05) is 53.9 Å². The van der Waals surface area contributed by atoms with Crippen molar-refractivity contribution in [2.45, 2.75) is 13.0 Å². The lowest BCUT2D eigenvalue weighted by molar-refractivity contribution is -0.146. The van der Waals surface area contributed by atoms with Crippen molar-refractivity contribution in [2.24, 2.45) is 0 Å². The van der Waals surface area contributed by atoms with E-state index in [1.165, 1.54) is 7.11 Å². The van der Waals surface area contributed by atoms with Crippen molar-refractivity contribution >= 4 is 11.8 Å². The molecule has 1 heterocycles. The van der Waals surface area contributed by atoms with Crippen LogP contribution in [0.5, 0.6) is 0 Å². The molecular weight excluding hydrogens is 234 g/mol. The average molecular weight is 257 g/mol. The minimum atomic E-state index is -0.408. The van der Waals surface area contributed by atoms with Crippen molar-refractivity contribution in [3.05, 3.63) is 0 Å². The lowest BCUT2D eigenvalue weighted by atomic mass is 10.2. The van der Waals surface area contributed by atoms with Crippen LogP contribution in [0.1, 0.15) is 6.92 Å². The minimum absolute atomic E-state index is 0.00258. The summed E-state index contributed by atoms with van der Waals surface area (Å²) in [6, 6.07) is 0. The molecule has 0 bridgehead atoms. The topological polar surface area (TPSA) is 53.1 Å². The van der Waals surface area contributed by atoms with Crippen LogP contribution < -0.4 is 0 Å². The molecule has 6 nitrogen and oxygen atoms in total. The van der Waals surface area contributed by atoms with E-state index in [0.717, 1.165) is 0 Å². The second kappa shape index (κ2) is 6.70. The highest BCUT2D eigenvalue weighted by Crippen LogP contribution is 2.06. The van der Waals surface area contributed by atoms with Gasteiger partial charge in [0.25, 0.3) is 5.91 Å². The van der Waals surface area contributed by atoms with Gasteiger partial charge >= 0.3 is 0 Å². The quantitative estimate of drug-likeness (QED) is 0.665. The number of hydrogen-bond donors (Lipinski definition) is 0. The van der Waals surface area contributed by atoms with Gasteiger partial charge in [0.2, 0.25) is 5.91 Å². The molecule has 0 saturated carbocycles. The Balaban J connectivity index is 2.41. The summed E-state index contributed by atoms with van der Waals surface area (Å²) in [5, 5.41) is 0. The molecule has 0 spiro atoms. The predicted molar refractivity (Wildman–Crippen MR) is 68.2 cm³/mol. The van der Waals surface area contributed by atoms with Crippen molar-refractivity contribution in [3.8, 4) is 0 Å². The summed E-state index contributed by atoms with van der Waals surface area (Å²) in [4.78, 5) is 29.1. The standard InChI is InChI=1S/C12H23N3O3/c1-10(18-4)12(17)15-7-5-14(6-8-15)11(16)9-13(2)3/h10H,5-9H2,1-4H3. The van der Waals surface area contributed by atoms with Gasteiger partial charge in [-0.1, -0.05) is 0 Å². The van der Waals surface area contributed by atoms with Crippen LogP contribution in [0.2, 0.25) is 0 Å². The molecule has 1 fully saturated rings. The van der Waals surface area contributed by atoms with Crippen LogP contribution in [0.4, 0.5) is 0 Å². The maximum atomic E-state index is 11.9. The Hall–Kier alpha value is -1.14. The molecule has 1 saturated heterocycles. The first-order valence-electron chi connectivity index (χ1n) is 6.19. The maximum absolute atomic E-state index is 11.9. The van der Waals surface area contributed by atoms with Crippen LogP contribution in [0.3, 0.4) is 0 Å². The molecule has 1 atom stereocenters. The summed E-state index contributed by atoms with van der Waals surface area (Å²) in [7, 11) is 5.27. The van der Waals surface area contributed by atoms with Crippen LogP contribution in [-0.2, 0) is 14.3 Å². The van der Waals surface area contributed by atoms with E-state index in [0.29, 0.717) is 32.7 Å². The lowest BCUT2D eigenvalue weighted by Crippen LogP contribution is -2.54. The van der Waals surface area contributed by atoms with Crippen molar-refractivity contribution in [3.63, 3.8) is 0 Å². The fraction of sp³-hybridized carbons (Fsp3) is 0.833. The Morgan fingerprint density at radius 2 is 1.67 bits per heavy atom. The van der Waals surface area contributed by atoms with E-state index < -0.39 is 6.10 Å². The van der Waals surface area contributed by atoms with E-state index in [1.807, 2.05) is 19.0 Å². The van der Waals surface area contributed by atoms with Gasteiger partial charge in [-0.2, -0.15) is 0 Å². The number of carbonyl (C=O) groups is 2. The van der Waals surface area contributed by atoms with E-state index in [2.05, 4.69) is 0 Å². The third kappa shape index (κ3) is 3.96. The van der Waals surface area contributed by atoms with E-state index >= 15 is 0 Å². The monoisotopic (exact) mass is 257 g/mol. The van der Waals surface area contributed by atoms with Gasteiger partial charge < -0.3 is 19.4 Å². The second-order valence-electron chi connectivity index (χ2n) is 4.82. The number of amides is 2. The fourth-order valence-electron chi connectivity index (χ4n) is 1.90. The first-order valence-corrected chi connectivity index (χ1v) is 6.19. The molecule has 0 aliphatic carbocycles. The van der Waals surface area contributed by atoms with E-state index in [-0.39, 0.29) is 11.8 Å². The van der Waals surface area contributed by atoms with E-state index in [4.69, 9.17) is 4.74 Å². The zero-order valence-electron chi connectivity index (χ0n) is 11.7. The summed E-state index contributed by atoms with van der Waals surface area (Å²) in [5.74, 6) is 0.115. The van der Waals surface area contributed by atoms with Gasteiger partial charge in [0, 0.05) is 33.3 Å². The first kappa shape index (κ1) is 14.9.